The van der Waals surface area contributed by atoms with Gasteiger partial charge in [0.05, 0.1) is 16.3 Å². The molecule has 0 bridgehead atoms. The second kappa shape index (κ2) is 7.65. The van der Waals surface area contributed by atoms with E-state index in [0.717, 1.165) is 11.1 Å². The number of benzene rings is 2. The van der Waals surface area contributed by atoms with Gasteiger partial charge in [0, 0.05) is 6.42 Å². The number of esters is 1. The molecule has 1 aliphatic heterocycles. The Bertz CT molecular complexity index is 999. The fraction of sp³-hybridized carbons (Fsp3) is 0.316. The molecule has 9 heteroatoms. The van der Waals surface area contributed by atoms with Crippen LogP contribution in [0.4, 0.5) is 0 Å². The molecule has 1 fully saturated rings. The molecule has 1 heterocycles. The highest BCUT2D eigenvalue weighted by atomic mass is 32.3. The normalized spacial score (nSPS) is 17.7. The molecule has 2 aromatic carbocycles. The number of carbonyl (C=O) groups is 1. The van der Waals surface area contributed by atoms with Crippen LogP contribution in [0, 0.1) is 13.8 Å². The molecule has 0 spiro atoms. The fourth-order valence-corrected chi connectivity index (χ4v) is 6.56. The average molecular weight is 424 g/mol. The summed E-state index contributed by atoms with van der Waals surface area (Å²) in [6.45, 7) is 3.14. The number of nitrogens with zero attached hydrogens (tertiary/aromatic N) is 1. The predicted molar refractivity (Wildman–Crippen MR) is 103 cm³/mol. The highest BCUT2D eigenvalue weighted by Crippen LogP contribution is 2.27. The lowest BCUT2D eigenvalue weighted by Crippen LogP contribution is -2.41. The van der Waals surface area contributed by atoms with E-state index in [2.05, 4.69) is 0 Å². The molecule has 1 aliphatic rings. The molecule has 2 aromatic rings. The largest absolute Gasteiger partial charge is 0.461 e. The molecule has 0 aliphatic carbocycles. The van der Waals surface area contributed by atoms with Crippen molar-refractivity contribution in [3.05, 3.63) is 59.7 Å². The summed E-state index contributed by atoms with van der Waals surface area (Å²) in [6.07, 6.45) is -0.413. The Morgan fingerprint density at radius 3 is 1.64 bits per heavy atom. The van der Waals surface area contributed by atoms with Crippen molar-refractivity contribution in [2.75, 3.05) is 6.54 Å². The van der Waals surface area contributed by atoms with Crippen molar-refractivity contribution in [3.8, 4) is 0 Å². The maximum absolute atomic E-state index is 13.2. The van der Waals surface area contributed by atoms with Gasteiger partial charge in [0.15, 0.2) is 0 Å². The maximum Gasteiger partial charge on any atom is 0.306 e. The van der Waals surface area contributed by atoms with Gasteiger partial charge in [-0.1, -0.05) is 39.1 Å². The van der Waals surface area contributed by atoms with E-state index in [4.69, 9.17) is 4.74 Å². The Kier molecular flexibility index (Phi) is 5.60. The second-order valence-electron chi connectivity index (χ2n) is 6.74. The van der Waals surface area contributed by atoms with Crippen molar-refractivity contribution in [3.63, 3.8) is 0 Å². The summed E-state index contributed by atoms with van der Waals surface area (Å²) in [6, 6.07) is 11.8. The molecule has 1 atom stereocenters. The molecule has 1 saturated heterocycles. The van der Waals surface area contributed by atoms with Crippen molar-refractivity contribution < 1.29 is 26.4 Å². The van der Waals surface area contributed by atoms with Crippen LogP contribution in [-0.2, 0) is 29.6 Å². The Balaban J connectivity index is 2.07. The molecular weight excluding hydrogens is 402 g/mol. The molecule has 0 radical (unpaired) electrons. The van der Waals surface area contributed by atoms with Crippen LogP contribution in [0.2, 0.25) is 0 Å². The van der Waals surface area contributed by atoms with Crippen LogP contribution in [-0.4, -0.2) is 39.2 Å². The van der Waals surface area contributed by atoms with Gasteiger partial charge in [0.25, 0.3) is 20.0 Å². The van der Waals surface area contributed by atoms with Gasteiger partial charge in [-0.05, 0) is 44.5 Å². The minimum Gasteiger partial charge on any atom is -0.461 e. The van der Waals surface area contributed by atoms with E-state index in [1.165, 1.54) is 24.3 Å². The van der Waals surface area contributed by atoms with Crippen molar-refractivity contribution >= 4 is 26.0 Å². The first kappa shape index (κ1) is 20.5. The Morgan fingerprint density at radius 1 is 0.857 bits per heavy atom. The van der Waals surface area contributed by atoms with E-state index < -0.39 is 38.7 Å². The molecule has 150 valence electrons. The standard InChI is InChI=1S/C19H21NO6S2/c1-14-3-8-17(9-4-14)27(22,23)20(13-16-7-12-19(21)26-16)28(24,25)18-10-5-15(2)6-11-18/h3-6,8-11,16H,7,12-13H2,1-2H3/t16-/m0/s1. The van der Waals surface area contributed by atoms with E-state index in [-0.39, 0.29) is 22.6 Å². The van der Waals surface area contributed by atoms with Gasteiger partial charge < -0.3 is 4.74 Å². The van der Waals surface area contributed by atoms with Gasteiger partial charge >= 0.3 is 5.97 Å². The van der Waals surface area contributed by atoms with Crippen LogP contribution in [0.5, 0.6) is 0 Å². The molecule has 3 rings (SSSR count). The molecule has 28 heavy (non-hydrogen) atoms. The lowest BCUT2D eigenvalue weighted by atomic mass is 10.2. The number of cyclic esters (lactones) is 1. The van der Waals surface area contributed by atoms with Crippen LogP contribution in [0.15, 0.2) is 58.3 Å². The summed E-state index contributed by atoms with van der Waals surface area (Å²) in [7, 11) is -8.77. The second-order valence-corrected chi connectivity index (χ2v) is 10.7. The number of ether oxygens (including phenoxy) is 1. The zero-order valence-corrected chi connectivity index (χ0v) is 17.2. The van der Waals surface area contributed by atoms with E-state index in [0.29, 0.717) is 3.71 Å². The molecule has 0 amide bonds. The number of carbonyl (C=O) groups excluding carboxylic acids is 1. The maximum atomic E-state index is 13.2. The number of aryl methyl sites for hydroxylation is 2. The summed E-state index contributed by atoms with van der Waals surface area (Å²) < 4.78 is 58.4. The summed E-state index contributed by atoms with van der Waals surface area (Å²) in [5, 5.41) is 0. The van der Waals surface area contributed by atoms with E-state index in [1.54, 1.807) is 38.1 Å². The number of hydrogen-bond donors (Lipinski definition) is 0. The van der Waals surface area contributed by atoms with Gasteiger partial charge in [-0.15, -0.1) is 0 Å². The quantitative estimate of drug-likeness (QED) is 0.662. The van der Waals surface area contributed by atoms with Gasteiger partial charge in [0.1, 0.15) is 6.10 Å². The Morgan fingerprint density at radius 2 is 1.29 bits per heavy atom. The SMILES string of the molecule is Cc1ccc(S(=O)(=O)N(C[C@@H]2CCC(=O)O2)S(=O)(=O)c2ccc(C)cc2)cc1. The third kappa shape index (κ3) is 4.11. The van der Waals surface area contributed by atoms with Crippen molar-refractivity contribution in [1.29, 1.82) is 0 Å². The molecular formula is C19H21NO6S2. The first-order valence-electron chi connectivity index (χ1n) is 8.71. The van der Waals surface area contributed by atoms with E-state index >= 15 is 0 Å². The van der Waals surface area contributed by atoms with Gasteiger partial charge in [-0.2, -0.15) is 0 Å². The topological polar surface area (TPSA) is 97.8 Å². The monoisotopic (exact) mass is 423 g/mol. The molecule has 0 aromatic heterocycles. The van der Waals surface area contributed by atoms with E-state index in [1.807, 2.05) is 0 Å². The van der Waals surface area contributed by atoms with Crippen molar-refractivity contribution in [2.45, 2.75) is 42.6 Å². The highest BCUT2D eigenvalue weighted by Gasteiger charge is 2.40. The van der Waals surface area contributed by atoms with Gasteiger partial charge in [0.2, 0.25) is 0 Å². The summed E-state index contributed by atoms with van der Waals surface area (Å²) >= 11 is 0. The summed E-state index contributed by atoms with van der Waals surface area (Å²) in [4.78, 5) is 11.1. The molecule has 0 N–H and O–H groups in total. The number of rotatable bonds is 6. The van der Waals surface area contributed by atoms with Crippen molar-refractivity contribution in [1.82, 2.24) is 3.71 Å². The lowest BCUT2D eigenvalue weighted by molar-refractivity contribution is -0.141. The van der Waals surface area contributed by atoms with Crippen LogP contribution in [0.3, 0.4) is 0 Å². The Labute approximate surface area is 165 Å². The Hall–Kier alpha value is -2.23. The zero-order chi connectivity index (χ0) is 20.5. The lowest BCUT2D eigenvalue weighted by Gasteiger charge is -2.24. The minimum absolute atomic E-state index is 0.133. The fourth-order valence-electron chi connectivity index (χ4n) is 2.86. The predicted octanol–water partition coefficient (Wildman–Crippen LogP) is 2.39. The van der Waals surface area contributed by atoms with E-state index in [9.17, 15) is 21.6 Å². The van der Waals surface area contributed by atoms with Crippen LogP contribution in [0.1, 0.15) is 24.0 Å². The molecule has 7 nitrogen and oxygen atoms in total. The molecule has 0 unspecified atom stereocenters. The van der Waals surface area contributed by atoms with Gasteiger partial charge in [-0.25, -0.2) is 16.8 Å². The van der Waals surface area contributed by atoms with Gasteiger partial charge in [-0.3, -0.25) is 4.79 Å². The highest BCUT2D eigenvalue weighted by molar-refractivity contribution is 8.04. The first-order chi connectivity index (χ1) is 13.1. The summed E-state index contributed by atoms with van der Waals surface area (Å²) in [5.41, 5.74) is 1.69. The first-order valence-corrected chi connectivity index (χ1v) is 11.6. The van der Waals surface area contributed by atoms with Crippen LogP contribution >= 0.6 is 0 Å². The third-order valence-corrected chi connectivity index (χ3v) is 8.78. The smallest absolute Gasteiger partial charge is 0.306 e. The summed E-state index contributed by atoms with van der Waals surface area (Å²) in [5.74, 6) is -0.467. The molecule has 0 saturated carbocycles. The minimum atomic E-state index is -4.38. The third-order valence-electron chi connectivity index (χ3n) is 4.50. The number of hydrogen-bond acceptors (Lipinski definition) is 6. The zero-order valence-electron chi connectivity index (χ0n) is 15.5. The number of sulfonamides is 2. The van der Waals surface area contributed by atoms with Crippen LogP contribution < -0.4 is 0 Å². The van der Waals surface area contributed by atoms with Crippen LogP contribution in [0.25, 0.3) is 0 Å². The van der Waals surface area contributed by atoms with Crippen molar-refractivity contribution in [2.24, 2.45) is 0 Å². The average Bonchev–Trinajstić information content (AvgIpc) is 3.05.